The van der Waals surface area contributed by atoms with E-state index in [1.54, 1.807) is 12.3 Å². The number of nitrogens with zero attached hydrogens (tertiary/aromatic N) is 2. The first-order chi connectivity index (χ1) is 11.5. The molecule has 0 spiro atoms. The molecule has 1 aliphatic rings. The van der Waals surface area contributed by atoms with Gasteiger partial charge in [-0.25, -0.2) is 4.39 Å². The van der Waals surface area contributed by atoms with Gasteiger partial charge in [0.1, 0.15) is 5.82 Å². The van der Waals surface area contributed by atoms with Gasteiger partial charge in [-0.3, -0.25) is 9.98 Å². The van der Waals surface area contributed by atoms with Crippen LogP contribution < -0.4 is 0 Å². The zero-order valence-corrected chi connectivity index (χ0v) is 14.0. The van der Waals surface area contributed by atoms with Crippen molar-refractivity contribution < 1.29 is 4.39 Å². The van der Waals surface area contributed by atoms with Crippen LogP contribution in [-0.4, -0.2) is 16.2 Å². The Balaban J connectivity index is 1.95. The highest BCUT2D eigenvalue weighted by Crippen LogP contribution is 2.39. The zero-order chi connectivity index (χ0) is 16.9. The van der Waals surface area contributed by atoms with Crippen molar-refractivity contribution in [3.05, 3.63) is 77.2 Å². The molecule has 2 nitrogen and oxygen atoms in total. The fourth-order valence-electron chi connectivity index (χ4n) is 3.37. The Hall–Kier alpha value is -2.55. The Kier molecular flexibility index (Phi) is 3.27. The number of halogens is 1. The molecule has 3 aromatic rings. The Labute approximate surface area is 141 Å². The summed E-state index contributed by atoms with van der Waals surface area (Å²) in [5.74, 6) is -0.0386. The summed E-state index contributed by atoms with van der Waals surface area (Å²) in [6.45, 7) is 6.32. The Morgan fingerprint density at radius 3 is 2.71 bits per heavy atom. The van der Waals surface area contributed by atoms with Gasteiger partial charge >= 0.3 is 0 Å². The summed E-state index contributed by atoms with van der Waals surface area (Å²) in [5.41, 5.74) is 4.63. The summed E-state index contributed by atoms with van der Waals surface area (Å²) >= 11 is 0. The highest BCUT2D eigenvalue weighted by Gasteiger charge is 2.34. The second kappa shape index (κ2) is 5.23. The largest absolute Gasteiger partial charge is 0.277 e. The number of pyridine rings is 1. The van der Waals surface area contributed by atoms with Crippen molar-refractivity contribution in [2.45, 2.75) is 32.2 Å². The highest BCUT2D eigenvalue weighted by molar-refractivity contribution is 6.15. The zero-order valence-electron chi connectivity index (χ0n) is 14.0. The molecule has 1 unspecified atom stereocenters. The molecule has 4 rings (SSSR count). The molecule has 0 aliphatic carbocycles. The summed E-state index contributed by atoms with van der Waals surface area (Å²) < 4.78 is 13.8. The van der Waals surface area contributed by atoms with Crippen molar-refractivity contribution in [1.29, 1.82) is 0 Å². The summed E-state index contributed by atoms with van der Waals surface area (Å²) in [4.78, 5) is 9.45. The number of benzene rings is 2. The fourth-order valence-corrected chi connectivity index (χ4v) is 3.37. The predicted octanol–water partition coefficient (Wildman–Crippen LogP) is 5.11. The van der Waals surface area contributed by atoms with E-state index < -0.39 is 0 Å². The maximum Gasteiger partial charge on any atom is 0.123 e. The lowest BCUT2D eigenvalue weighted by atomic mass is 9.77. The lowest BCUT2D eigenvalue weighted by molar-refractivity contribution is 0.430. The van der Waals surface area contributed by atoms with Crippen LogP contribution in [0, 0.1) is 5.82 Å². The van der Waals surface area contributed by atoms with Gasteiger partial charge in [0, 0.05) is 28.6 Å². The van der Waals surface area contributed by atoms with Crippen molar-refractivity contribution in [2.24, 2.45) is 4.99 Å². The molecule has 120 valence electrons. The van der Waals surface area contributed by atoms with E-state index in [-0.39, 0.29) is 17.3 Å². The van der Waals surface area contributed by atoms with Gasteiger partial charge in [0.2, 0.25) is 0 Å². The first-order valence-corrected chi connectivity index (χ1v) is 8.20. The molecular weight excluding hydrogens is 299 g/mol. The van der Waals surface area contributed by atoms with E-state index in [2.05, 4.69) is 44.0 Å². The smallest absolute Gasteiger partial charge is 0.123 e. The lowest BCUT2D eigenvalue weighted by Gasteiger charge is -2.35. The van der Waals surface area contributed by atoms with Crippen LogP contribution in [0.1, 0.15) is 43.4 Å². The Morgan fingerprint density at radius 1 is 1.04 bits per heavy atom. The van der Waals surface area contributed by atoms with Crippen molar-refractivity contribution >= 4 is 16.6 Å². The van der Waals surface area contributed by atoms with Crippen LogP contribution in [0.5, 0.6) is 0 Å². The van der Waals surface area contributed by atoms with E-state index in [0.29, 0.717) is 0 Å². The molecule has 0 amide bonds. The van der Waals surface area contributed by atoms with Gasteiger partial charge in [-0.2, -0.15) is 0 Å². The van der Waals surface area contributed by atoms with Crippen molar-refractivity contribution in [1.82, 2.24) is 4.98 Å². The molecule has 0 saturated carbocycles. The molecule has 0 fully saturated rings. The normalized spacial score (nSPS) is 19.0. The van der Waals surface area contributed by atoms with Crippen molar-refractivity contribution in [3.8, 4) is 0 Å². The maximum absolute atomic E-state index is 13.8. The van der Waals surface area contributed by atoms with Crippen molar-refractivity contribution in [3.63, 3.8) is 0 Å². The molecule has 24 heavy (non-hydrogen) atoms. The van der Waals surface area contributed by atoms with E-state index in [0.717, 1.165) is 33.3 Å². The molecule has 2 heterocycles. The predicted molar refractivity (Wildman–Crippen MR) is 96.3 cm³/mol. The minimum atomic E-state index is -0.283. The van der Waals surface area contributed by atoms with Gasteiger partial charge in [-0.15, -0.1) is 0 Å². The minimum Gasteiger partial charge on any atom is -0.277 e. The van der Waals surface area contributed by atoms with Crippen LogP contribution >= 0.6 is 0 Å². The van der Waals surface area contributed by atoms with E-state index >= 15 is 0 Å². The summed E-state index contributed by atoms with van der Waals surface area (Å²) in [5, 5.41) is 1.10. The first-order valence-electron chi connectivity index (χ1n) is 8.20. The van der Waals surface area contributed by atoms with Gasteiger partial charge in [0.05, 0.1) is 16.8 Å². The third-order valence-electron chi connectivity index (χ3n) is 5.07. The van der Waals surface area contributed by atoms with E-state index in [4.69, 9.17) is 4.99 Å². The molecule has 3 heteroatoms. The number of rotatable bonds is 1. The Bertz CT molecular complexity index is 972. The number of aromatic nitrogens is 1. The third kappa shape index (κ3) is 2.32. The van der Waals surface area contributed by atoms with Crippen LogP contribution in [0.4, 0.5) is 4.39 Å². The average molecular weight is 318 g/mol. The third-order valence-corrected chi connectivity index (χ3v) is 5.07. The molecule has 0 saturated heterocycles. The van der Waals surface area contributed by atoms with Crippen LogP contribution in [-0.2, 0) is 0 Å². The van der Waals surface area contributed by atoms with E-state index in [9.17, 15) is 4.39 Å². The molecule has 0 bridgehead atoms. The monoisotopic (exact) mass is 318 g/mol. The molecule has 0 radical (unpaired) electrons. The highest BCUT2D eigenvalue weighted by atomic mass is 19.1. The summed E-state index contributed by atoms with van der Waals surface area (Å²) in [6.07, 6.45) is 1.80. The average Bonchev–Trinajstić information content (AvgIpc) is 2.58. The standard InChI is InChI=1S/C21H19FN2/c1-13-18-12-16(22)8-9-17(18)20(24-21(13,2)3)15-7-6-14-5-4-10-23-19(14)11-15/h4-13H,1-3H3. The van der Waals surface area contributed by atoms with E-state index in [1.165, 1.54) is 6.07 Å². The number of fused-ring (bicyclic) bond motifs is 2. The Morgan fingerprint density at radius 2 is 1.88 bits per heavy atom. The van der Waals surface area contributed by atoms with Crippen LogP contribution in [0.2, 0.25) is 0 Å². The second-order valence-electron chi connectivity index (χ2n) is 6.98. The van der Waals surface area contributed by atoms with Gasteiger partial charge in [-0.05, 0) is 49.7 Å². The van der Waals surface area contributed by atoms with Gasteiger partial charge in [0.15, 0.2) is 0 Å². The number of aliphatic imine (C=N–C) groups is 1. The summed E-state index contributed by atoms with van der Waals surface area (Å²) in [6, 6.07) is 15.2. The van der Waals surface area contributed by atoms with Crippen molar-refractivity contribution in [2.75, 3.05) is 0 Å². The molecule has 2 aromatic carbocycles. The van der Waals surface area contributed by atoms with Gasteiger partial charge in [-0.1, -0.05) is 25.1 Å². The number of hydrogen-bond donors (Lipinski definition) is 0. The van der Waals surface area contributed by atoms with Gasteiger partial charge < -0.3 is 0 Å². The van der Waals surface area contributed by atoms with E-state index in [1.807, 2.05) is 18.2 Å². The molecule has 1 aliphatic heterocycles. The van der Waals surface area contributed by atoms with Crippen LogP contribution in [0.3, 0.4) is 0 Å². The maximum atomic E-state index is 13.8. The molecular formula is C21H19FN2. The lowest BCUT2D eigenvalue weighted by Crippen LogP contribution is -2.33. The van der Waals surface area contributed by atoms with Gasteiger partial charge in [0.25, 0.3) is 0 Å². The second-order valence-corrected chi connectivity index (χ2v) is 6.98. The molecule has 0 N–H and O–H groups in total. The number of hydrogen-bond acceptors (Lipinski definition) is 2. The SMILES string of the molecule is CC1c2cc(F)ccc2C(c2ccc3cccnc3c2)=NC1(C)C. The van der Waals surface area contributed by atoms with Crippen LogP contribution in [0.15, 0.2) is 59.7 Å². The summed E-state index contributed by atoms with van der Waals surface area (Å²) in [7, 11) is 0. The molecule has 1 atom stereocenters. The fraction of sp³-hybridized carbons (Fsp3) is 0.238. The first kappa shape index (κ1) is 15.0. The minimum absolute atomic E-state index is 0.158. The topological polar surface area (TPSA) is 25.2 Å². The quantitative estimate of drug-likeness (QED) is 0.612. The molecule has 1 aromatic heterocycles. The van der Waals surface area contributed by atoms with Crippen LogP contribution in [0.25, 0.3) is 10.9 Å².